The Morgan fingerprint density at radius 3 is 2.12 bits per heavy atom. The predicted molar refractivity (Wildman–Crippen MR) is 297 cm³/mol. The molecule has 0 saturated carbocycles. The molecule has 9 unspecified atom stereocenters. The van der Waals surface area contributed by atoms with Crippen LogP contribution in [-0.4, -0.2) is 179 Å². The van der Waals surface area contributed by atoms with Crippen LogP contribution in [-0.2, 0) is 57.1 Å². The second-order valence-electron chi connectivity index (χ2n) is 21.9. The van der Waals surface area contributed by atoms with Crippen molar-refractivity contribution in [2.45, 2.75) is 182 Å². The minimum absolute atomic E-state index is 0.131. The van der Waals surface area contributed by atoms with Crippen LogP contribution >= 0.6 is 0 Å². The number of cyclic esters (lactones) is 1. The monoisotopic (exact) mass is 1080 g/mol. The molecule has 76 heavy (non-hydrogen) atoms. The van der Waals surface area contributed by atoms with Gasteiger partial charge in [-0.1, -0.05) is 91.0 Å². The quantitative estimate of drug-likeness (QED) is 0.0435. The lowest BCUT2D eigenvalue weighted by molar-refractivity contribution is -0.166. The van der Waals surface area contributed by atoms with E-state index in [1.54, 1.807) is 96.7 Å². The average Bonchev–Trinajstić information content (AvgIpc) is 3.37. The molecule has 17 nitrogen and oxygen atoms in total. The number of likely N-dealkylation sites (N-methyl/N-ethyl adjacent to an activating group) is 2. The van der Waals surface area contributed by atoms with Gasteiger partial charge in [-0.2, -0.15) is 0 Å². The molecule has 436 valence electrons. The summed E-state index contributed by atoms with van der Waals surface area (Å²) < 4.78 is 41.6. The van der Waals surface area contributed by atoms with Gasteiger partial charge in [0.2, 0.25) is 6.41 Å². The lowest BCUT2D eigenvalue weighted by Gasteiger charge is -2.35. The summed E-state index contributed by atoms with van der Waals surface area (Å²) in [6.07, 6.45) is 15.4. The Labute approximate surface area is 457 Å². The molecule has 1 rings (SSSR count). The van der Waals surface area contributed by atoms with Gasteiger partial charge in [-0.15, -0.1) is 0 Å². The lowest BCUT2D eigenvalue weighted by atomic mass is 9.82. The van der Waals surface area contributed by atoms with E-state index in [0.29, 0.717) is 38.5 Å². The van der Waals surface area contributed by atoms with Crippen molar-refractivity contribution < 1.29 is 67.3 Å². The molecule has 0 aromatic carbocycles. The number of amides is 1. The first kappa shape index (κ1) is 69.8. The molecule has 0 aromatic heterocycles. The zero-order valence-electron chi connectivity index (χ0n) is 49.6. The maximum atomic E-state index is 13.6. The summed E-state index contributed by atoms with van der Waals surface area (Å²) in [5, 5.41) is 23.6. The fourth-order valence-electron chi connectivity index (χ4n) is 9.44. The molecule has 0 bridgehead atoms. The van der Waals surface area contributed by atoms with E-state index in [9.17, 15) is 34.2 Å². The van der Waals surface area contributed by atoms with Crippen LogP contribution in [0.25, 0.3) is 0 Å². The second-order valence-corrected chi connectivity index (χ2v) is 21.9. The molecule has 1 amide bonds. The zero-order valence-corrected chi connectivity index (χ0v) is 49.6. The van der Waals surface area contributed by atoms with E-state index in [-0.39, 0.29) is 55.3 Å². The normalized spacial score (nSPS) is 28.6. The Hall–Kier alpha value is -4.23. The first-order valence-corrected chi connectivity index (χ1v) is 27.3. The highest BCUT2D eigenvalue weighted by Crippen LogP contribution is 2.32. The molecule has 1 heterocycles. The van der Waals surface area contributed by atoms with Crippen LogP contribution in [0, 0.1) is 41.4 Å². The van der Waals surface area contributed by atoms with Gasteiger partial charge in [0.15, 0.2) is 0 Å². The van der Waals surface area contributed by atoms with Crippen molar-refractivity contribution in [3.63, 3.8) is 0 Å². The molecule has 0 saturated heterocycles. The molecule has 17 heteroatoms. The highest BCUT2D eigenvalue weighted by Gasteiger charge is 2.38. The van der Waals surface area contributed by atoms with Gasteiger partial charge in [-0.25, -0.2) is 4.79 Å². The summed E-state index contributed by atoms with van der Waals surface area (Å²) in [5.41, 5.74) is 1.10. The number of methoxy groups -OCH3 is 3. The van der Waals surface area contributed by atoms with Gasteiger partial charge in [0.05, 0.1) is 31.0 Å². The number of nitrogens with zero attached hydrogens (tertiary/aromatic N) is 3. The van der Waals surface area contributed by atoms with Gasteiger partial charge < -0.3 is 48.3 Å². The summed E-state index contributed by atoms with van der Waals surface area (Å²) in [5.74, 6) is -4.14. The Morgan fingerprint density at radius 1 is 0.868 bits per heavy atom. The number of ether oxygens (including phenoxy) is 7. The van der Waals surface area contributed by atoms with Crippen molar-refractivity contribution >= 4 is 30.3 Å². The SMILES string of the molecule is COCC(C(=O)OC1C(C)CCC(OC)/C(C)=C/CC(C)CC(OC)/C=C/C[C@@H]([C@@H](C)[C@@H](O)[C@@H](C)CC[C@H](OC(=O)C(C)N(C)C)[C@H](C)[C@H](OC(C)=O)[C@H](C)/C=C/N(C)C=O)OC(=O)/C=C/C=C/CC(O)C1C)N(C)C. The van der Waals surface area contributed by atoms with Gasteiger partial charge in [0.1, 0.15) is 36.5 Å². The third-order valence-electron chi connectivity index (χ3n) is 15.2. The van der Waals surface area contributed by atoms with Crippen molar-refractivity contribution in [2.75, 3.05) is 63.2 Å². The van der Waals surface area contributed by atoms with Crippen LogP contribution in [0.4, 0.5) is 0 Å². The number of carbonyl (C=O) groups excluding carboxylic acids is 5. The Kier molecular flexibility index (Phi) is 33.8. The number of allylic oxidation sites excluding steroid dienone is 3. The molecular weight excluding hydrogens is 975 g/mol. The average molecular weight is 1080 g/mol. The Bertz CT molecular complexity index is 1870. The van der Waals surface area contributed by atoms with E-state index < -0.39 is 90.3 Å². The van der Waals surface area contributed by atoms with Crippen molar-refractivity contribution in [2.24, 2.45) is 41.4 Å². The van der Waals surface area contributed by atoms with Crippen LogP contribution in [0.1, 0.15) is 121 Å². The summed E-state index contributed by atoms with van der Waals surface area (Å²) in [7, 11) is 13.6. The minimum Gasteiger partial charge on any atom is -0.462 e. The van der Waals surface area contributed by atoms with E-state index in [0.717, 1.165) is 12.0 Å². The smallest absolute Gasteiger partial charge is 0.331 e. The van der Waals surface area contributed by atoms with Gasteiger partial charge in [-0.3, -0.25) is 29.0 Å². The van der Waals surface area contributed by atoms with Crippen LogP contribution in [0.2, 0.25) is 0 Å². The molecule has 17 atom stereocenters. The molecule has 0 spiro atoms. The van der Waals surface area contributed by atoms with Gasteiger partial charge >= 0.3 is 23.9 Å². The summed E-state index contributed by atoms with van der Waals surface area (Å²) in [4.78, 5) is 69.2. The fraction of sp³-hybridized carbons (Fsp3) is 0.746. The highest BCUT2D eigenvalue weighted by atomic mass is 16.6. The number of hydrogen-bond acceptors (Lipinski definition) is 16. The Balaban J connectivity index is 3.64. The standard InChI is InChI=1S/C59H101N3O14/c1-38-27-28-39(2)51(72-18)31-30-41(4)56(76-59(69)49(36-70-16)61(13)14)43(6)50(65)24-20-19-21-26-54(66)74-52(25-22-23-48(35-38)71-17)44(7)55(67)40(3)29-32-53(75-58(68)46(9)60(11)12)45(8)57(73-47(10)64)42(5)33-34-62(15)37-63/h19-23,26,28,33-34,37-38,40-46,48-53,55-57,65,67H,24-25,27,29-32,35-36H2,1-18H3/b20-19+,23-22+,26-21+,34-33+,39-28+/t38?,40-,41?,42+,43?,44+,45-,46?,48?,49?,50?,51?,52-,53-,55-,56?,57+/m0/s1. The maximum absolute atomic E-state index is 13.6. The lowest BCUT2D eigenvalue weighted by Crippen LogP contribution is -2.45. The van der Waals surface area contributed by atoms with Crippen molar-refractivity contribution in [3.8, 4) is 0 Å². The predicted octanol–water partition coefficient (Wildman–Crippen LogP) is 7.74. The minimum atomic E-state index is -0.966. The third kappa shape index (κ3) is 25.1. The van der Waals surface area contributed by atoms with E-state index in [2.05, 4.69) is 19.9 Å². The first-order chi connectivity index (χ1) is 35.7. The van der Waals surface area contributed by atoms with Crippen LogP contribution in [0.3, 0.4) is 0 Å². The molecule has 1 aliphatic heterocycles. The maximum Gasteiger partial charge on any atom is 0.331 e. The largest absolute Gasteiger partial charge is 0.462 e. The molecule has 0 aromatic rings. The highest BCUT2D eigenvalue weighted by molar-refractivity contribution is 5.82. The Morgan fingerprint density at radius 2 is 1.54 bits per heavy atom. The molecular formula is C59H101N3O14. The van der Waals surface area contributed by atoms with Crippen LogP contribution in [0.15, 0.2) is 60.4 Å². The second kappa shape index (κ2) is 36.8. The van der Waals surface area contributed by atoms with Crippen LogP contribution in [0.5, 0.6) is 0 Å². The van der Waals surface area contributed by atoms with Gasteiger partial charge in [0.25, 0.3) is 0 Å². The number of hydrogen-bond donors (Lipinski definition) is 2. The number of carbonyl (C=O) groups is 5. The van der Waals surface area contributed by atoms with Crippen molar-refractivity contribution in [1.29, 1.82) is 0 Å². The molecule has 0 fully saturated rings. The molecule has 1 aliphatic rings. The number of aliphatic hydroxyl groups excluding tert-OH is 2. The number of aliphatic hydroxyl groups is 2. The topological polar surface area (TPSA) is 200 Å². The number of rotatable bonds is 23. The summed E-state index contributed by atoms with van der Waals surface area (Å²) in [6, 6.07) is -1.20. The zero-order chi connectivity index (χ0) is 57.8. The van der Waals surface area contributed by atoms with E-state index in [1.807, 2.05) is 53.7 Å². The first-order valence-electron chi connectivity index (χ1n) is 27.3. The molecule has 2 N–H and O–H groups in total. The summed E-state index contributed by atoms with van der Waals surface area (Å²) >= 11 is 0. The summed E-state index contributed by atoms with van der Waals surface area (Å²) in [6.45, 7) is 18.8. The van der Waals surface area contributed by atoms with Crippen molar-refractivity contribution in [1.82, 2.24) is 14.7 Å². The van der Waals surface area contributed by atoms with E-state index in [4.69, 9.17) is 33.2 Å². The van der Waals surface area contributed by atoms with Crippen LogP contribution < -0.4 is 0 Å². The van der Waals surface area contributed by atoms with E-state index in [1.165, 1.54) is 25.0 Å². The van der Waals surface area contributed by atoms with Gasteiger partial charge in [-0.05, 0) is 110 Å². The third-order valence-corrected chi connectivity index (χ3v) is 15.2. The molecule has 0 aliphatic carbocycles. The fourth-order valence-corrected chi connectivity index (χ4v) is 9.44. The molecule has 0 radical (unpaired) electrons. The van der Waals surface area contributed by atoms with Gasteiger partial charge in [0, 0.05) is 77.7 Å². The van der Waals surface area contributed by atoms with Crippen molar-refractivity contribution in [3.05, 3.63) is 60.4 Å². The number of esters is 4. The van der Waals surface area contributed by atoms with E-state index >= 15 is 0 Å².